The number of carboxylic acids is 1. The van der Waals surface area contributed by atoms with Crippen molar-refractivity contribution >= 4 is 39.1 Å². The lowest BCUT2D eigenvalue weighted by atomic mass is 10.1. The summed E-state index contributed by atoms with van der Waals surface area (Å²) in [6.45, 7) is 6.76. The largest absolute Gasteiger partial charge is 0.481 e. The van der Waals surface area contributed by atoms with Gasteiger partial charge in [0.05, 0.1) is 22.2 Å². The average Bonchev–Trinajstić information content (AvgIpc) is 2.71. The minimum Gasteiger partial charge on any atom is -0.481 e. The number of nitrogens with zero attached hydrogens (tertiary/aromatic N) is 1. The number of carbonyl (C=O) groups is 2. The molecule has 1 fully saturated rings. The average molecular weight is 360 g/mol. The van der Waals surface area contributed by atoms with Crippen LogP contribution in [-0.2, 0) is 16.1 Å². The number of carbonyl (C=O) groups excluding carboxylic acids is 1. The van der Waals surface area contributed by atoms with Crippen molar-refractivity contribution in [1.29, 1.82) is 0 Å². The van der Waals surface area contributed by atoms with E-state index in [-0.39, 0.29) is 5.91 Å². The van der Waals surface area contributed by atoms with Gasteiger partial charge in [0.1, 0.15) is 0 Å². The highest BCUT2D eigenvalue weighted by Gasteiger charge is 2.66. The Balaban J connectivity index is 2.09. The molecule has 1 aromatic rings. The highest BCUT2D eigenvalue weighted by Crippen LogP contribution is 2.59. The van der Waals surface area contributed by atoms with Crippen molar-refractivity contribution < 1.29 is 14.7 Å². The number of hydrogen-bond donors (Lipinski definition) is 1. The van der Waals surface area contributed by atoms with Gasteiger partial charge in [-0.25, -0.2) is 0 Å². The Labute approximate surface area is 130 Å². The van der Waals surface area contributed by atoms with E-state index in [4.69, 9.17) is 0 Å². The first-order chi connectivity index (χ1) is 9.28. The highest BCUT2D eigenvalue weighted by atomic mass is 79.9. The fourth-order valence-electron chi connectivity index (χ4n) is 2.73. The molecule has 1 aliphatic carbocycles. The number of hydrogen-bond acceptors (Lipinski definition) is 3. The molecule has 2 unspecified atom stereocenters. The van der Waals surface area contributed by atoms with Crippen molar-refractivity contribution in [2.45, 2.75) is 27.3 Å². The van der Waals surface area contributed by atoms with E-state index >= 15 is 0 Å². The van der Waals surface area contributed by atoms with Crippen LogP contribution in [0.15, 0.2) is 15.9 Å². The molecule has 2 rings (SSSR count). The molecular weight excluding hydrogens is 342 g/mol. The predicted molar refractivity (Wildman–Crippen MR) is 81.5 cm³/mol. The summed E-state index contributed by atoms with van der Waals surface area (Å²) in [5, 5.41) is 9.18. The van der Waals surface area contributed by atoms with Gasteiger partial charge in [-0.15, -0.1) is 11.3 Å². The summed E-state index contributed by atoms with van der Waals surface area (Å²) in [6, 6.07) is 3.94. The van der Waals surface area contributed by atoms with Crippen molar-refractivity contribution in [1.82, 2.24) is 4.90 Å². The van der Waals surface area contributed by atoms with Crippen molar-refractivity contribution in [3.63, 3.8) is 0 Å². The number of carboxylic acid groups (broad SMARTS) is 1. The van der Waals surface area contributed by atoms with Gasteiger partial charge in [-0.3, -0.25) is 9.59 Å². The van der Waals surface area contributed by atoms with Gasteiger partial charge >= 0.3 is 5.97 Å². The van der Waals surface area contributed by atoms with Crippen LogP contribution in [0.2, 0.25) is 0 Å². The lowest BCUT2D eigenvalue weighted by Crippen LogP contribution is -2.33. The van der Waals surface area contributed by atoms with Crippen LogP contribution in [0.3, 0.4) is 0 Å². The van der Waals surface area contributed by atoms with Crippen LogP contribution < -0.4 is 0 Å². The minimum atomic E-state index is -0.872. The molecule has 1 N–H and O–H groups in total. The van der Waals surface area contributed by atoms with Crippen molar-refractivity contribution in [2.24, 2.45) is 17.3 Å². The van der Waals surface area contributed by atoms with Gasteiger partial charge in [0.2, 0.25) is 5.91 Å². The third kappa shape index (κ3) is 2.76. The Morgan fingerprint density at radius 1 is 1.40 bits per heavy atom. The Bertz CT molecular complexity index is 540. The molecule has 1 amide bonds. The van der Waals surface area contributed by atoms with E-state index in [2.05, 4.69) is 15.9 Å². The fraction of sp³-hybridized carbons (Fsp3) is 0.571. The van der Waals surface area contributed by atoms with Crippen molar-refractivity contribution in [3.05, 3.63) is 20.8 Å². The Morgan fingerprint density at radius 3 is 2.45 bits per heavy atom. The number of amides is 1. The number of aliphatic carboxylic acids is 1. The van der Waals surface area contributed by atoms with Gasteiger partial charge in [-0.1, -0.05) is 13.8 Å². The predicted octanol–water partition coefficient (Wildman–Crippen LogP) is 3.22. The van der Waals surface area contributed by atoms with Gasteiger partial charge in [0, 0.05) is 11.4 Å². The SMILES string of the molecule is CCN(Cc1ccc(Br)s1)C(=O)C1C(C(=O)O)C1(C)C. The molecule has 0 aliphatic heterocycles. The molecule has 1 aliphatic rings. The first kappa shape index (κ1) is 15.5. The second-order valence-electron chi connectivity index (χ2n) is 5.67. The molecule has 0 radical (unpaired) electrons. The van der Waals surface area contributed by atoms with Crippen LogP contribution in [0, 0.1) is 17.3 Å². The Kier molecular flexibility index (Phi) is 4.25. The molecular formula is C14H18BrNO3S. The van der Waals surface area contributed by atoms with Crippen LogP contribution >= 0.6 is 27.3 Å². The zero-order chi connectivity index (χ0) is 15.1. The summed E-state index contributed by atoms with van der Waals surface area (Å²) in [5.74, 6) is -1.87. The van der Waals surface area contributed by atoms with Gasteiger partial charge in [0.25, 0.3) is 0 Å². The molecule has 4 nitrogen and oxygen atoms in total. The van der Waals surface area contributed by atoms with Gasteiger partial charge in [-0.05, 0) is 40.4 Å². The summed E-state index contributed by atoms with van der Waals surface area (Å²) >= 11 is 5.00. The summed E-state index contributed by atoms with van der Waals surface area (Å²) in [6.07, 6.45) is 0. The molecule has 1 saturated carbocycles. The first-order valence-electron chi connectivity index (χ1n) is 6.54. The van der Waals surface area contributed by atoms with Crippen LogP contribution in [0.4, 0.5) is 0 Å². The van der Waals surface area contributed by atoms with E-state index in [0.717, 1.165) is 8.66 Å². The molecule has 20 heavy (non-hydrogen) atoms. The monoisotopic (exact) mass is 359 g/mol. The molecule has 0 saturated heterocycles. The Hall–Kier alpha value is -0.880. The maximum Gasteiger partial charge on any atom is 0.307 e. The normalized spacial score (nSPS) is 23.4. The van der Waals surface area contributed by atoms with Crippen molar-refractivity contribution in [3.8, 4) is 0 Å². The minimum absolute atomic E-state index is 0.0468. The number of halogens is 1. The summed E-state index contributed by atoms with van der Waals surface area (Å²) in [5.41, 5.74) is -0.438. The third-order valence-corrected chi connectivity index (χ3v) is 5.64. The molecule has 6 heteroatoms. The number of thiophene rings is 1. The van der Waals surface area contributed by atoms with Crippen LogP contribution in [0.1, 0.15) is 25.6 Å². The van der Waals surface area contributed by atoms with E-state index < -0.39 is 23.2 Å². The zero-order valence-electron chi connectivity index (χ0n) is 11.7. The zero-order valence-corrected chi connectivity index (χ0v) is 14.1. The van der Waals surface area contributed by atoms with Crippen LogP contribution in [0.25, 0.3) is 0 Å². The molecule has 1 heterocycles. The molecule has 0 bridgehead atoms. The van der Waals surface area contributed by atoms with E-state index in [0.29, 0.717) is 13.1 Å². The Morgan fingerprint density at radius 2 is 2.05 bits per heavy atom. The lowest BCUT2D eigenvalue weighted by Gasteiger charge is -2.21. The van der Waals surface area contributed by atoms with Crippen molar-refractivity contribution in [2.75, 3.05) is 6.54 Å². The van der Waals surface area contributed by atoms with Gasteiger partial charge < -0.3 is 10.0 Å². The van der Waals surface area contributed by atoms with E-state index in [1.807, 2.05) is 32.9 Å². The highest BCUT2D eigenvalue weighted by molar-refractivity contribution is 9.11. The number of rotatable bonds is 5. The molecule has 1 aromatic heterocycles. The third-order valence-electron chi connectivity index (χ3n) is 4.03. The molecule has 0 aromatic carbocycles. The molecule has 110 valence electrons. The van der Waals surface area contributed by atoms with Gasteiger partial charge in [-0.2, -0.15) is 0 Å². The topological polar surface area (TPSA) is 57.6 Å². The fourth-order valence-corrected chi connectivity index (χ4v) is 4.23. The summed E-state index contributed by atoms with van der Waals surface area (Å²) in [4.78, 5) is 26.6. The smallest absolute Gasteiger partial charge is 0.307 e. The molecule has 0 spiro atoms. The molecule has 2 atom stereocenters. The maximum atomic E-state index is 12.5. The van der Waals surface area contributed by atoms with Crippen LogP contribution in [0.5, 0.6) is 0 Å². The first-order valence-corrected chi connectivity index (χ1v) is 8.15. The van der Waals surface area contributed by atoms with E-state index in [1.165, 1.54) is 0 Å². The lowest BCUT2D eigenvalue weighted by molar-refractivity contribution is -0.142. The second-order valence-corrected chi connectivity index (χ2v) is 8.22. The van der Waals surface area contributed by atoms with Crippen LogP contribution in [-0.4, -0.2) is 28.4 Å². The van der Waals surface area contributed by atoms with Gasteiger partial charge in [0.15, 0.2) is 0 Å². The summed E-state index contributed by atoms with van der Waals surface area (Å²) in [7, 11) is 0. The second kappa shape index (κ2) is 5.48. The quantitative estimate of drug-likeness (QED) is 0.877. The van der Waals surface area contributed by atoms with E-state index in [1.54, 1.807) is 16.2 Å². The standard InChI is InChI=1S/C14H18BrNO3S/c1-4-16(7-8-5-6-9(15)20-8)12(17)10-11(13(18)19)14(10,2)3/h5-6,10-11H,4,7H2,1-3H3,(H,18,19). The summed E-state index contributed by atoms with van der Waals surface area (Å²) < 4.78 is 1.03. The van der Waals surface area contributed by atoms with E-state index in [9.17, 15) is 14.7 Å². The maximum absolute atomic E-state index is 12.5.